The second-order valence-electron chi connectivity index (χ2n) is 8.27. The fourth-order valence-corrected chi connectivity index (χ4v) is 8.14. The molecular weight excluding hydrogens is 434 g/mol. The van der Waals surface area contributed by atoms with Crippen LogP contribution in [0.1, 0.15) is 17.5 Å². The van der Waals surface area contributed by atoms with Crippen molar-refractivity contribution in [2.75, 3.05) is 4.90 Å². The lowest BCUT2D eigenvalue weighted by atomic mass is 9.85. The minimum Gasteiger partial charge on any atom is -0.274 e. The van der Waals surface area contributed by atoms with E-state index >= 15 is 0 Å². The second-order valence-corrected chi connectivity index (χ2v) is 10.6. The summed E-state index contributed by atoms with van der Waals surface area (Å²) in [5.41, 5.74) is 4.55. The fraction of sp³-hybridized carbons (Fsp3) is 0.185. The summed E-state index contributed by atoms with van der Waals surface area (Å²) < 4.78 is 0. The maximum atomic E-state index is 13.7. The van der Waals surface area contributed by atoms with Crippen molar-refractivity contribution in [1.82, 2.24) is 0 Å². The summed E-state index contributed by atoms with van der Waals surface area (Å²) in [6.45, 7) is 0. The Morgan fingerprint density at radius 3 is 2.25 bits per heavy atom. The van der Waals surface area contributed by atoms with Crippen molar-refractivity contribution in [2.45, 2.75) is 28.2 Å². The molecule has 3 aromatic carbocycles. The molecule has 0 spiro atoms. The standard InChI is InChI=1S/C27H21NO2S2/c29-26-22-24(31-19-12-5-2-6-13-19)21-16-15-17-9-7-8-14-20(17)23(21)32-25(22)27(30)28(26)18-10-3-1-4-11-18/h1-14,22,24-25H,15-16H2. The van der Waals surface area contributed by atoms with E-state index in [1.54, 1.807) is 23.5 Å². The molecule has 0 bridgehead atoms. The quantitative estimate of drug-likeness (QED) is 0.467. The van der Waals surface area contributed by atoms with Crippen LogP contribution in [0, 0.1) is 5.92 Å². The smallest absolute Gasteiger partial charge is 0.248 e. The Balaban J connectivity index is 1.47. The summed E-state index contributed by atoms with van der Waals surface area (Å²) in [5.74, 6) is -0.524. The highest BCUT2D eigenvalue weighted by molar-refractivity contribution is 8.10. The van der Waals surface area contributed by atoms with Gasteiger partial charge in [0, 0.05) is 15.1 Å². The molecule has 1 aliphatic carbocycles. The van der Waals surface area contributed by atoms with Gasteiger partial charge < -0.3 is 0 Å². The van der Waals surface area contributed by atoms with Crippen molar-refractivity contribution in [2.24, 2.45) is 5.92 Å². The van der Waals surface area contributed by atoms with Crippen LogP contribution in [-0.4, -0.2) is 22.3 Å². The third-order valence-corrected chi connectivity index (χ3v) is 9.29. The zero-order valence-electron chi connectivity index (χ0n) is 17.3. The van der Waals surface area contributed by atoms with Crippen LogP contribution in [0.3, 0.4) is 0 Å². The molecule has 3 unspecified atom stereocenters. The van der Waals surface area contributed by atoms with Gasteiger partial charge >= 0.3 is 0 Å². The Bertz CT molecular complexity index is 1240. The summed E-state index contributed by atoms with van der Waals surface area (Å²) in [4.78, 5) is 31.1. The molecule has 0 N–H and O–H groups in total. The first kappa shape index (κ1) is 19.9. The molecule has 1 fully saturated rings. The van der Waals surface area contributed by atoms with E-state index in [9.17, 15) is 9.59 Å². The van der Waals surface area contributed by atoms with Gasteiger partial charge in [0.15, 0.2) is 0 Å². The molecule has 158 valence electrons. The molecule has 3 nitrogen and oxygen atoms in total. The third kappa shape index (κ3) is 3.14. The summed E-state index contributed by atoms with van der Waals surface area (Å²) in [7, 11) is 0. The van der Waals surface area contributed by atoms with Crippen molar-refractivity contribution < 1.29 is 9.59 Å². The van der Waals surface area contributed by atoms with Gasteiger partial charge in [0.2, 0.25) is 11.8 Å². The maximum absolute atomic E-state index is 13.7. The highest BCUT2D eigenvalue weighted by Gasteiger charge is 2.56. The number of carbonyl (C=O) groups is 2. The van der Waals surface area contributed by atoms with Crippen molar-refractivity contribution in [3.63, 3.8) is 0 Å². The Morgan fingerprint density at radius 2 is 1.47 bits per heavy atom. The summed E-state index contributed by atoms with van der Waals surface area (Å²) in [5, 5.41) is -0.439. The number of rotatable bonds is 3. The minimum absolute atomic E-state index is 0.0443. The van der Waals surface area contributed by atoms with Crippen molar-refractivity contribution >= 4 is 45.9 Å². The average molecular weight is 456 g/mol. The Kier molecular flexibility index (Phi) is 4.96. The first-order chi connectivity index (χ1) is 15.7. The van der Waals surface area contributed by atoms with Gasteiger partial charge in [-0.05, 0) is 53.8 Å². The van der Waals surface area contributed by atoms with Crippen molar-refractivity contribution in [1.29, 1.82) is 0 Å². The molecule has 0 saturated carbocycles. The lowest BCUT2D eigenvalue weighted by molar-refractivity contribution is -0.122. The molecule has 3 aromatic rings. The number of thioether (sulfide) groups is 2. The van der Waals surface area contributed by atoms with Crippen LogP contribution >= 0.6 is 23.5 Å². The molecule has 2 aliphatic heterocycles. The van der Waals surface area contributed by atoms with Gasteiger partial charge in [-0.15, -0.1) is 23.5 Å². The first-order valence-corrected chi connectivity index (χ1v) is 12.6. The molecule has 0 radical (unpaired) electrons. The van der Waals surface area contributed by atoms with E-state index in [-0.39, 0.29) is 23.0 Å². The number of aryl methyl sites for hydroxylation is 1. The Morgan fingerprint density at radius 1 is 0.781 bits per heavy atom. The van der Waals surface area contributed by atoms with Crippen LogP contribution in [0.2, 0.25) is 0 Å². The summed E-state index contributed by atoms with van der Waals surface area (Å²) in [6.07, 6.45) is 1.91. The predicted octanol–water partition coefficient (Wildman–Crippen LogP) is 5.81. The average Bonchev–Trinajstić information content (AvgIpc) is 3.09. The number of hydrogen-bond donors (Lipinski definition) is 0. The second kappa shape index (κ2) is 7.98. The minimum atomic E-state index is -0.395. The molecule has 1 saturated heterocycles. The SMILES string of the molecule is O=C1C2SC3=C(CCc4ccccc43)C(Sc3ccccc3)C2C(=O)N1c1ccccc1. The normalized spacial score (nSPS) is 24.2. The van der Waals surface area contributed by atoms with Gasteiger partial charge in [-0.3, -0.25) is 9.59 Å². The topological polar surface area (TPSA) is 37.4 Å². The van der Waals surface area contributed by atoms with Gasteiger partial charge in [-0.1, -0.05) is 60.7 Å². The van der Waals surface area contributed by atoms with Crippen LogP contribution < -0.4 is 4.90 Å². The molecule has 32 heavy (non-hydrogen) atoms. The molecule has 3 atom stereocenters. The van der Waals surface area contributed by atoms with Crippen molar-refractivity contribution in [3.8, 4) is 0 Å². The lowest BCUT2D eigenvalue weighted by Gasteiger charge is -2.37. The summed E-state index contributed by atoms with van der Waals surface area (Å²) >= 11 is 3.34. The van der Waals surface area contributed by atoms with E-state index in [1.807, 2.05) is 48.5 Å². The van der Waals surface area contributed by atoms with E-state index < -0.39 is 5.25 Å². The van der Waals surface area contributed by atoms with Gasteiger partial charge in [0.05, 0.1) is 11.6 Å². The number of fused-ring (bicyclic) bond motifs is 3. The molecular formula is C27H21NO2S2. The van der Waals surface area contributed by atoms with Crippen LogP contribution in [0.25, 0.3) is 4.91 Å². The first-order valence-electron chi connectivity index (χ1n) is 10.8. The molecule has 0 aromatic heterocycles. The number of amides is 2. The Labute approximate surface area is 195 Å². The third-order valence-electron chi connectivity index (χ3n) is 6.45. The van der Waals surface area contributed by atoms with E-state index in [0.717, 1.165) is 17.7 Å². The van der Waals surface area contributed by atoms with Gasteiger partial charge in [0.25, 0.3) is 0 Å². The highest BCUT2D eigenvalue weighted by Crippen LogP contribution is 2.56. The zero-order valence-corrected chi connectivity index (χ0v) is 18.9. The van der Waals surface area contributed by atoms with Crippen LogP contribution in [-0.2, 0) is 16.0 Å². The number of nitrogens with zero attached hydrogens (tertiary/aromatic N) is 1. The zero-order chi connectivity index (χ0) is 21.7. The highest BCUT2D eigenvalue weighted by atomic mass is 32.2. The molecule has 3 aliphatic rings. The summed E-state index contributed by atoms with van der Waals surface area (Å²) in [6, 6.07) is 28.1. The fourth-order valence-electron chi connectivity index (χ4n) is 4.97. The molecule has 2 amide bonds. The van der Waals surface area contributed by atoms with Gasteiger partial charge in [-0.2, -0.15) is 0 Å². The lowest BCUT2D eigenvalue weighted by Crippen LogP contribution is -2.37. The van der Waals surface area contributed by atoms with Gasteiger partial charge in [0.1, 0.15) is 5.25 Å². The van der Waals surface area contributed by atoms with E-state index in [4.69, 9.17) is 0 Å². The van der Waals surface area contributed by atoms with Crippen LogP contribution in [0.4, 0.5) is 5.69 Å². The molecule has 5 heteroatoms. The van der Waals surface area contributed by atoms with E-state index in [2.05, 4.69) is 36.4 Å². The number of para-hydroxylation sites is 1. The van der Waals surface area contributed by atoms with Crippen LogP contribution in [0.15, 0.2) is 95.4 Å². The number of imide groups is 1. The van der Waals surface area contributed by atoms with Crippen LogP contribution in [0.5, 0.6) is 0 Å². The number of carbonyl (C=O) groups excluding carboxylic acids is 2. The predicted molar refractivity (Wildman–Crippen MR) is 132 cm³/mol. The largest absolute Gasteiger partial charge is 0.274 e. The van der Waals surface area contributed by atoms with E-state index in [1.165, 1.54) is 26.5 Å². The molecule has 2 heterocycles. The van der Waals surface area contributed by atoms with Crippen molar-refractivity contribution in [3.05, 3.63) is 102 Å². The number of hydrogen-bond acceptors (Lipinski definition) is 4. The number of anilines is 1. The molecule has 6 rings (SSSR count). The monoisotopic (exact) mass is 455 g/mol. The number of benzene rings is 3. The Hall–Kier alpha value is -2.76. The van der Waals surface area contributed by atoms with Gasteiger partial charge in [-0.25, -0.2) is 4.90 Å². The maximum Gasteiger partial charge on any atom is 0.248 e. The van der Waals surface area contributed by atoms with E-state index in [0.29, 0.717) is 5.69 Å².